The zero-order valence-electron chi connectivity index (χ0n) is 61.0. The van der Waals surface area contributed by atoms with Gasteiger partial charge < -0.3 is 41.7 Å². The first-order valence-corrected chi connectivity index (χ1v) is 47.3. The highest BCUT2D eigenvalue weighted by molar-refractivity contribution is 14.1. The molecule has 13 nitrogen and oxygen atoms in total. The minimum absolute atomic E-state index is 0.0145. The third-order valence-corrected chi connectivity index (χ3v) is 40.0. The van der Waals surface area contributed by atoms with Gasteiger partial charge in [-0.2, -0.15) is 0 Å². The molecule has 5 saturated heterocycles. The number of Topliss-reactive ketones (excluding diaryl/α,β-unsaturated/α-hetero) is 1. The molecule has 0 amide bonds. The van der Waals surface area contributed by atoms with Crippen LogP contribution in [0, 0.1) is 23.7 Å². The summed E-state index contributed by atoms with van der Waals surface area (Å²) >= 11 is 2.48. The van der Waals surface area contributed by atoms with Gasteiger partial charge in [-0.3, -0.25) is 4.79 Å². The first kappa shape index (κ1) is 78.4. The van der Waals surface area contributed by atoms with Gasteiger partial charge in [0.1, 0.15) is 41.4 Å². The number of esters is 1. The summed E-state index contributed by atoms with van der Waals surface area (Å²) in [6, 6.07) is 17.7. The van der Waals surface area contributed by atoms with Gasteiger partial charge in [-0.15, -0.1) is 0 Å². The fourth-order valence-electron chi connectivity index (χ4n) is 13.8. The largest absolute Gasteiger partial charge is 0.455 e. The molecule has 18 heteroatoms. The van der Waals surface area contributed by atoms with Crippen molar-refractivity contribution in [2.45, 2.75) is 337 Å². The van der Waals surface area contributed by atoms with E-state index in [1.54, 1.807) is 36.4 Å². The minimum atomic E-state index is -4.20. The number of ketones is 1. The lowest BCUT2D eigenvalue weighted by molar-refractivity contribution is -0.266. The number of alkyl halides is 1. The van der Waals surface area contributed by atoms with E-state index in [1.165, 1.54) is 5.57 Å². The number of ether oxygens (including phenoxy) is 6. The summed E-state index contributed by atoms with van der Waals surface area (Å²) in [5.41, 5.74) is 1.25. The van der Waals surface area contributed by atoms with E-state index < -0.39 is 112 Å². The van der Waals surface area contributed by atoms with Crippen molar-refractivity contribution in [3.05, 3.63) is 90.5 Å². The molecule has 5 aliphatic heterocycles. The highest BCUT2D eigenvalue weighted by atomic mass is 127. The van der Waals surface area contributed by atoms with Crippen LogP contribution >= 0.6 is 22.6 Å². The lowest BCUT2D eigenvalue weighted by atomic mass is 9.80. The van der Waals surface area contributed by atoms with Crippen molar-refractivity contribution < 1.29 is 59.7 Å². The van der Waals surface area contributed by atoms with Crippen LogP contribution in [0.1, 0.15) is 198 Å². The summed E-state index contributed by atoms with van der Waals surface area (Å²) in [5, 5.41) is -2.03. The number of benzene rings is 2. The van der Waals surface area contributed by atoms with Gasteiger partial charge >= 0.3 is 5.97 Å². The molecular weight excluding hydrogens is 1350 g/mol. The van der Waals surface area contributed by atoms with E-state index in [9.17, 15) is 4.79 Å². The van der Waals surface area contributed by atoms with Crippen LogP contribution in [0.5, 0.6) is 0 Å². The zero-order valence-corrected chi connectivity index (χ0v) is 67.0. The molecule has 0 spiro atoms. The number of sulfone groups is 1. The van der Waals surface area contributed by atoms with Gasteiger partial charge in [0.15, 0.2) is 40.6 Å². The van der Waals surface area contributed by atoms with Crippen LogP contribution in [0.3, 0.4) is 0 Å². The van der Waals surface area contributed by atoms with Gasteiger partial charge in [0, 0.05) is 23.2 Å². The molecule has 5 aliphatic rings. The van der Waals surface area contributed by atoms with E-state index in [1.807, 2.05) is 30.3 Å². The number of hydrogen-bond donors (Lipinski definition) is 0. The predicted molar refractivity (Wildman–Crippen MR) is 392 cm³/mol. The van der Waals surface area contributed by atoms with Gasteiger partial charge in [0.2, 0.25) is 0 Å². The second-order valence-electron chi connectivity index (χ2n) is 33.3. The fourth-order valence-corrected chi connectivity index (χ4v) is 20.7. The van der Waals surface area contributed by atoms with Crippen molar-refractivity contribution in [1.29, 1.82) is 0 Å². The lowest BCUT2D eigenvalue weighted by Gasteiger charge is -2.56. The molecule has 0 aromatic heterocycles. The molecule has 7 rings (SSSR count). The van der Waals surface area contributed by atoms with Gasteiger partial charge in [0.05, 0.1) is 59.3 Å². The molecule has 19 atom stereocenters. The average Bonchev–Trinajstić information content (AvgIpc) is 1.65. The van der Waals surface area contributed by atoms with Crippen LogP contribution in [0.25, 0.3) is 0 Å². The van der Waals surface area contributed by atoms with E-state index in [0.717, 1.165) is 49.4 Å². The predicted octanol–water partition coefficient (Wildman–Crippen LogP) is 18.2. The van der Waals surface area contributed by atoms with Crippen LogP contribution in [-0.2, 0) is 56.3 Å². The van der Waals surface area contributed by atoms with Crippen molar-refractivity contribution in [2.75, 3.05) is 4.43 Å². The van der Waals surface area contributed by atoms with E-state index in [0.29, 0.717) is 49.5 Å². The monoisotopic (exact) mass is 1470 g/mol. The number of allylic oxidation sites excluding steroid dienone is 1. The summed E-state index contributed by atoms with van der Waals surface area (Å²) in [6.07, 6.45) is 7.03. The molecule has 5 fully saturated rings. The Kier molecular flexibility index (Phi) is 26.8. The molecule has 2 aromatic rings. The van der Waals surface area contributed by atoms with Gasteiger partial charge in [-0.1, -0.05) is 187 Å². The summed E-state index contributed by atoms with van der Waals surface area (Å²) in [6.45, 7) is 50.9. The maximum absolute atomic E-state index is 15.7. The Bertz CT molecular complexity index is 2910. The Morgan fingerprint density at radius 3 is 1.89 bits per heavy atom. The lowest BCUT2D eigenvalue weighted by Crippen LogP contribution is -2.69. The van der Waals surface area contributed by atoms with Crippen LogP contribution in [-0.4, -0.2) is 140 Å². The topological polar surface area (TPSA) is 151 Å². The highest BCUT2D eigenvalue weighted by Gasteiger charge is 2.60. The van der Waals surface area contributed by atoms with Crippen LogP contribution in [0.15, 0.2) is 89.9 Å². The number of carbonyl (C=O) groups is 2. The van der Waals surface area contributed by atoms with Crippen molar-refractivity contribution in [3.63, 3.8) is 0 Å². The number of hydrogen-bond acceptors (Lipinski definition) is 13. The summed E-state index contributed by atoms with van der Waals surface area (Å²) in [5.74, 6) is -0.741. The van der Waals surface area contributed by atoms with Crippen LogP contribution in [0.4, 0.5) is 0 Å². The molecule has 0 saturated carbocycles. The van der Waals surface area contributed by atoms with Gasteiger partial charge in [0.25, 0.3) is 0 Å². The third-order valence-electron chi connectivity index (χ3n) is 23.1. The number of halogens is 1. The van der Waals surface area contributed by atoms with E-state index >= 15 is 13.2 Å². The smallest absolute Gasteiger partial charge is 0.338 e. The SMILES string of the molecule is C=C(C)[C@H](C)C[C@H]1CC[C@@H]2OC(CCC(/C=C/[C@H](O[Si](C)(C)C(C)(C)C)[C@@H]3O[C@H]4CC[C@H](CC(=O)C(C5[C@H](CCC)O[C@H](C[C@H](C)CC)[C@@H]5C)S(=O)(=O)c5ccccc5)O[C@@H]4[C@H](O[Si](C)(C)C(C)(C)C)[C@@H]3O[Si](C)(C)C(C)(C)C)OC(=O)c3ccccc3)C[C@]2(CI)O1. The van der Waals surface area contributed by atoms with E-state index in [4.69, 9.17) is 41.7 Å². The summed E-state index contributed by atoms with van der Waals surface area (Å²) in [7, 11) is -12.3. The standard InChI is InChI=1S/C75H123IO13SSi3/c1-23-31-60-65(52(7)63(84-60)44-50(5)24-2)70(90(79,80)58-34-29-26-30-35-58)59(77)46-55-39-41-61-66(82-55)68(88-92(19,20)73(11,12)13)69(89-93(21,22)74(14,15)16)67(85-61)62(87-91(17,18)72(8,9)10)42-38-54(83-71(78)53-32-27-25-28-33-53)36-37-57-47-75(48-76)64(81-57)43-40-56(86-75)45-51(6)49(3)4/h25-30,32-35,38,42,50-52,54-57,60-70H,3,23-24,31,36-37,39-41,43-48H2,1-2,4-22H3/b42-38+/t50-,51-,52+,54?,55-,56-,57?,60+,61+,62+,63-,64+,65?,66+,67+,68+,69-,70?,75-/m1/s1. The quantitative estimate of drug-likeness (QED) is 0.0250. The number of fused-ring (bicyclic) bond motifs is 2. The number of carbonyl (C=O) groups excluding carboxylic acids is 2. The van der Waals surface area contributed by atoms with Crippen LogP contribution in [0.2, 0.25) is 54.4 Å². The molecule has 5 heterocycles. The third kappa shape index (κ3) is 18.9. The molecule has 526 valence electrons. The molecule has 0 bridgehead atoms. The number of rotatable bonds is 29. The Labute approximate surface area is 580 Å². The first-order chi connectivity index (χ1) is 43.2. The summed E-state index contributed by atoms with van der Waals surface area (Å²) in [4.78, 5) is 30.2. The van der Waals surface area contributed by atoms with Gasteiger partial charge in [-0.05, 0) is 167 Å². The van der Waals surface area contributed by atoms with Gasteiger partial charge in [-0.25, -0.2) is 13.2 Å². The maximum Gasteiger partial charge on any atom is 0.338 e. The Morgan fingerprint density at radius 1 is 0.731 bits per heavy atom. The van der Waals surface area contributed by atoms with Crippen molar-refractivity contribution >= 4 is 69.1 Å². The molecule has 0 N–H and O–H groups in total. The highest BCUT2D eigenvalue weighted by Crippen LogP contribution is 2.50. The van der Waals surface area contributed by atoms with Crippen LogP contribution < -0.4 is 0 Å². The second-order valence-corrected chi connectivity index (χ2v) is 50.4. The second kappa shape index (κ2) is 31.7. The fraction of sp³-hybridized carbons (Fsp3) is 0.760. The minimum Gasteiger partial charge on any atom is -0.455 e. The molecule has 93 heavy (non-hydrogen) atoms. The zero-order chi connectivity index (χ0) is 69.0. The molecule has 2 aromatic carbocycles. The molecular formula is C75H123IO13SSi3. The van der Waals surface area contributed by atoms with E-state index in [-0.39, 0.29) is 62.5 Å². The Balaban J connectivity index is 1.29. The summed E-state index contributed by atoms with van der Waals surface area (Å²) < 4.78 is 97.5. The van der Waals surface area contributed by atoms with Crippen molar-refractivity contribution in [3.8, 4) is 0 Å². The average molecular weight is 1480 g/mol. The Hall–Kier alpha value is -1.93. The normalized spacial score (nSPS) is 30.9. The first-order valence-electron chi connectivity index (χ1n) is 35.5. The molecule has 4 unspecified atom stereocenters. The molecule has 0 aliphatic carbocycles. The van der Waals surface area contributed by atoms with Crippen molar-refractivity contribution in [1.82, 2.24) is 0 Å². The van der Waals surface area contributed by atoms with E-state index in [2.05, 4.69) is 178 Å². The maximum atomic E-state index is 15.7. The Morgan fingerprint density at radius 2 is 1.32 bits per heavy atom. The van der Waals surface area contributed by atoms with Crippen molar-refractivity contribution in [2.24, 2.45) is 23.7 Å². The molecule has 0 radical (unpaired) electrons.